The van der Waals surface area contributed by atoms with Gasteiger partial charge in [-0.25, -0.2) is 12.8 Å². The van der Waals surface area contributed by atoms with Gasteiger partial charge in [-0.2, -0.15) is 0 Å². The van der Waals surface area contributed by atoms with Crippen molar-refractivity contribution in [1.82, 2.24) is 9.72 Å². The third-order valence-corrected chi connectivity index (χ3v) is 7.12. The Hall–Kier alpha value is -4.44. The molecule has 0 amide bonds. The van der Waals surface area contributed by atoms with Gasteiger partial charge in [0.25, 0.3) is 15.6 Å². The lowest BCUT2D eigenvalue weighted by atomic mass is 10.0. The minimum atomic E-state index is -3.94. The Labute approximate surface area is 205 Å². The van der Waals surface area contributed by atoms with Crippen molar-refractivity contribution in [3.8, 4) is 22.6 Å². The maximum Gasteiger partial charge on any atom is 0.263 e. The van der Waals surface area contributed by atoms with E-state index in [0.29, 0.717) is 27.9 Å². The summed E-state index contributed by atoms with van der Waals surface area (Å²) in [6.07, 6.45) is 1.26. The summed E-state index contributed by atoms with van der Waals surface area (Å²) in [4.78, 5) is 13.0. The van der Waals surface area contributed by atoms with Crippen LogP contribution in [0.3, 0.4) is 0 Å². The quantitative estimate of drug-likeness (QED) is 0.352. The Bertz CT molecular complexity index is 1760. The Morgan fingerprint density at radius 2 is 1.75 bits per heavy atom. The summed E-state index contributed by atoms with van der Waals surface area (Å²) in [6.45, 7) is 1.68. The molecule has 0 spiro atoms. The maximum atomic E-state index is 13.8. The number of benzene rings is 3. The average molecular weight is 506 g/mol. The molecule has 2 heterocycles. The number of fused-ring (bicyclic) bond motifs is 1. The molecule has 0 saturated heterocycles. The summed E-state index contributed by atoms with van der Waals surface area (Å²) in [6, 6.07) is 18.9. The number of hydrogen-bond acceptors (Lipinski definition) is 6. The molecule has 0 bridgehead atoms. The van der Waals surface area contributed by atoms with E-state index >= 15 is 0 Å². The van der Waals surface area contributed by atoms with Gasteiger partial charge in [0.15, 0.2) is 5.82 Å². The van der Waals surface area contributed by atoms with E-state index in [-0.39, 0.29) is 22.1 Å². The van der Waals surface area contributed by atoms with Gasteiger partial charge in [0, 0.05) is 17.5 Å². The lowest BCUT2D eigenvalue weighted by molar-refractivity contribution is 0.413. The summed E-state index contributed by atoms with van der Waals surface area (Å²) in [5.41, 5.74) is 2.65. The molecule has 8 nitrogen and oxygen atoms in total. The molecular weight excluding hydrogens is 485 g/mol. The van der Waals surface area contributed by atoms with E-state index in [1.807, 2.05) is 6.07 Å². The van der Waals surface area contributed by atoms with Gasteiger partial charge in [0.1, 0.15) is 17.8 Å². The molecule has 3 aromatic carbocycles. The zero-order chi connectivity index (χ0) is 25.4. The highest BCUT2D eigenvalue weighted by molar-refractivity contribution is 7.92. The lowest BCUT2D eigenvalue weighted by Gasteiger charge is -2.16. The number of rotatable bonds is 6. The van der Waals surface area contributed by atoms with Gasteiger partial charge in [0.2, 0.25) is 0 Å². The van der Waals surface area contributed by atoms with E-state index < -0.39 is 10.0 Å². The van der Waals surface area contributed by atoms with Crippen molar-refractivity contribution in [2.45, 2.75) is 11.8 Å². The predicted octanol–water partition coefficient (Wildman–Crippen LogP) is 4.90. The molecule has 5 rings (SSSR count). The largest absolute Gasteiger partial charge is 0.495 e. The Kier molecular flexibility index (Phi) is 5.81. The number of ether oxygens (including phenoxy) is 1. The minimum Gasteiger partial charge on any atom is -0.495 e. The SMILES string of the molecule is COc1ccc(-c2ccc(F)c(C)c2)cc1-n1c(=O)ccc2cc(S(=O)(=O)Nc3ccon3)ccc21. The van der Waals surface area contributed by atoms with Gasteiger partial charge in [0.05, 0.1) is 23.2 Å². The van der Waals surface area contributed by atoms with Crippen LogP contribution in [0.1, 0.15) is 5.56 Å². The van der Waals surface area contributed by atoms with E-state index in [0.717, 1.165) is 11.1 Å². The van der Waals surface area contributed by atoms with Crippen molar-refractivity contribution in [3.63, 3.8) is 0 Å². The Morgan fingerprint density at radius 3 is 2.47 bits per heavy atom. The molecule has 0 aliphatic carbocycles. The highest BCUT2D eigenvalue weighted by atomic mass is 32.2. The number of halogens is 1. The van der Waals surface area contributed by atoms with Gasteiger partial charge in [-0.1, -0.05) is 17.3 Å². The van der Waals surface area contributed by atoms with Gasteiger partial charge in [-0.3, -0.25) is 14.1 Å². The van der Waals surface area contributed by atoms with Crippen LogP contribution in [-0.4, -0.2) is 25.3 Å². The third kappa shape index (κ3) is 4.22. The summed E-state index contributed by atoms with van der Waals surface area (Å²) in [7, 11) is -2.44. The maximum absolute atomic E-state index is 13.8. The van der Waals surface area contributed by atoms with Gasteiger partial charge in [-0.15, -0.1) is 0 Å². The van der Waals surface area contributed by atoms with Crippen LogP contribution >= 0.6 is 0 Å². The Morgan fingerprint density at radius 1 is 0.972 bits per heavy atom. The van der Waals surface area contributed by atoms with Crippen LogP contribution in [0.2, 0.25) is 0 Å². The molecule has 36 heavy (non-hydrogen) atoms. The van der Waals surface area contributed by atoms with Crippen LogP contribution in [0.25, 0.3) is 27.7 Å². The monoisotopic (exact) mass is 505 g/mol. The van der Waals surface area contributed by atoms with Crippen molar-refractivity contribution in [2.24, 2.45) is 0 Å². The number of pyridine rings is 1. The fraction of sp³-hybridized carbons (Fsp3) is 0.0769. The molecule has 182 valence electrons. The predicted molar refractivity (Wildman–Crippen MR) is 134 cm³/mol. The van der Waals surface area contributed by atoms with Crippen LogP contribution in [0.5, 0.6) is 5.75 Å². The number of nitrogens with zero attached hydrogens (tertiary/aromatic N) is 2. The number of anilines is 1. The second kappa shape index (κ2) is 8.97. The molecule has 1 N–H and O–H groups in total. The normalized spacial score (nSPS) is 11.5. The van der Waals surface area contributed by atoms with Crippen molar-refractivity contribution < 1.29 is 22.1 Å². The van der Waals surface area contributed by atoms with Crippen molar-refractivity contribution in [3.05, 3.63) is 101 Å². The lowest BCUT2D eigenvalue weighted by Crippen LogP contribution is -2.19. The second-order valence-electron chi connectivity index (χ2n) is 8.07. The van der Waals surface area contributed by atoms with Crippen molar-refractivity contribution >= 4 is 26.7 Å². The van der Waals surface area contributed by atoms with E-state index in [4.69, 9.17) is 4.74 Å². The Balaban J connectivity index is 1.66. The highest BCUT2D eigenvalue weighted by Gasteiger charge is 2.18. The van der Waals surface area contributed by atoms with Crippen LogP contribution in [0.4, 0.5) is 10.2 Å². The van der Waals surface area contributed by atoms with Crippen molar-refractivity contribution in [2.75, 3.05) is 11.8 Å². The van der Waals surface area contributed by atoms with Crippen LogP contribution < -0.4 is 15.0 Å². The molecular formula is C26H20FN3O5S. The molecule has 0 aliphatic heterocycles. The number of aromatic nitrogens is 2. The summed E-state index contributed by atoms with van der Waals surface area (Å²) < 4.78 is 53.4. The molecule has 10 heteroatoms. The van der Waals surface area contributed by atoms with Crippen molar-refractivity contribution in [1.29, 1.82) is 0 Å². The van der Waals surface area contributed by atoms with Gasteiger partial charge >= 0.3 is 0 Å². The fourth-order valence-electron chi connectivity index (χ4n) is 3.97. The number of aryl methyl sites for hydroxylation is 1. The first-order valence-electron chi connectivity index (χ1n) is 10.8. The smallest absolute Gasteiger partial charge is 0.263 e. The molecule has 0 atom stereocenters. The summed E-state index contributed by atoms with van der Waals surface area (Å²) in [5.74, 6) is 0.191. The second-order valence-corrected chi connectivity index (χ2v) is 9.75. The van der Waals surface area contributed by atoms with E-state index in [9.17, 15) is 17.6 Å². The molecule has 2 aromatic heterocycles. The van der Waals surface area contributed by atoms with E-state index in [1.165, 1.54) is 48.3 Å². The first-order valence-corrected chi connectivity index (χ1v) is 12.3. The molecule has 0 saturated carbocycles. The van der Waals surface area contributed by atoms with Gasteiger partial charge in [-0.05, 0) is 72.1 Å². The topological polar surface area (TPSA) is 103 Å². The van der Waals surface area contributed by atoms with E-state index in [2.05, 4.69) is 14.4 Å². The molecule has 0 fully saturated rings. The summed E-state index contributed by atoms with van der Waals surface area (Å²) >= 11 is 0. The van der Waals surface area contributed by atoms with E-state index in [1.54, 1.807) is 43.3 Å². The van der Waals surface area contributed by atoms with Crippen LogP contribution in [0.15, 0.2) is 93.3 Å². The number of methoxy groups -OCH3 is 1. The van der Waals surface area contributed by atoms with Gasteiger partial charge < -0.3 is 9.26 Å². The van der Waals surface area contributed by atoms with Crippen LogP contribution in [-0.2, 0) is 10.0 Å². The first-order chi connectivity index (χ1) is 17.3. The first kappa shape index (κ1) is 23.3. The molecule has 0 unspecified atom stereocenters. The number of nitrogens with one attached hydrogen (secondary N) is 1. The standard InChI is InChI=1S/C26H20FN3O5S/c1-16-13-17(3-7-21(16)27)18-4-9-24(34-2)23(15-18)30-22-8-6-20(14-19(22)5-10-26(30)31)36(32,33)29-25-11-12-35-28-25/h3-15H,1-2H3,(H,28,29). The molecule has 5 aromatic rings. The zero-order valence-electron chi connectivity index (χ0n) is 19.2. The summed E-state index contributed by atoms with van der Waals surface area (Å²) in [5, 5.41) is 4.09. The number of sulfonamides is 1. The highest BCUT2D eigenvalue weighted by Crippen LogP contribution is 2.32. The fourth-order valence-corrected chi connectivity index (χ4v) is 5.00. The minimum absolute atomic E-state index is 0.00861. The molecule has 0 aliphatic rings. The van der Waals surface area contributed by atoms with Crippen LogP contribution in [0, 0.1) is 12.7 Å². The third-order valence-electron chi connectivity index (χ3n) is 5.76. The average Bonchev–Trinajstić information content (AvgIpc) is 3.37. The zero-order valence-corrected chi connectivity index (χ0v) is 20.0. The molecule has 0 radical (unpaired) electrons. The number of hydrogen-bond donors (Lipinski definition) is 1.